The van der Waals surface area contributed by atoms with Crippen LogP contribution in [0.1, 0.15) is 68.8 Å². The van der Waals surface area contributed by atoms with E-state index >= 15 is 0 Å². The number of likely N-dealkylation sites (tertiary alicyclic amines) is 1. The number of carbonyl (C=O) groups excluding carboxylic acids is 2. The van der Waals surface area contributed by atoms with Crippen LogP contribution in [0.2, 0.25) is 0 Å². The van der Waals surface area contributed by atoms with Crippen LogP contribution in [0, 0.1) is 0 Å². The van der Waals surface area contributed by atoms with Crippen molar-refractivity contribution in [2.45, 2.75) is 77.3 Å². The highest BCUT2D eigenvalue weighted by molar-refractivity contribution is 5.96. The van der Waals surface area contributed by atoms with Gasteiger partial charge in [0.15, 0.2) is 18.4 Å². The van der Waals surface area contributed by atoms with Crippen molar-refractivity contribution in [1.29, 1.82) is 0 Å². The summed E-state index contributed by atoms with van der Waals surface area (Å²) in [5.74, 6) is -1.56. The maximum atomic E-state index is 13.0. The number of carboxylic acids is 1. The molecule has 1 unspecified atom stereocenters. The normalized spacial score (nSPS) is 17.5. The Hall–Kier alpha value is -3.46. The quantitative estimate of drug-likeness (QED) is 0.496. The maximum Gasteiger partial charge on any atom is 0.414 e. The predicted molar refractivity (Wildman–Crippen MR) is 137 cm³/mol. The Kier molecular flexibility index (Phi) is 9.63. The minimum absolute atomic E-state index is 0.0500. The molecule has 1 fully saturated rings. The summed E-state index contributed by atoms with van der Waals surface area (Å²) in [6.07, 6.45) is 5.72. The number of amides is 2. The van der Waals surface area contributed by atoms with E-state index in [-0.39, 0.29) is 37.0 Å². The first-order valence-corrected chi connectivity index (χ1v) is 12.7. The molecule has 2 aromatic rings. The fourth-order valence-corrected chi connectivity index (χ4v) is 4.38. The van der Waals surface area contributed by atoms with Gasteiger partial charge in [-0.25, -0.2) is 9.59 Å². The van der Waals surface area contributed by atoms with Crippen LogP contribution in [0.25, 0.3) is 0 Å². The molecule has 2 N–H and O–H groups in total. The van der Waals surface area contributed by atoms with Crippen LogP contribution < -0.4 is 9.88 Å². The van der Waals surface area contributed by atoms with Gasteiger partial charge >= 0.3 is 12.1 Å². The van der Waals surface area contributed by atoms with Crippen molar-refractivity contribution < 1.29 is 33.5 Å². The third-order valence-corrected chi connectivity index (χ3v) is 6.43. The number of rotatable bonds is 9. The number of aromatic nitrogens is 1. The zero-order chi connectivity index (χ0) is 27.0. The molecule has 1 aromatic heterocycles. The lowest BCUT2D eigenvalue weighted by molar-refractivity contribution is -0.727. The van der Waals surface area contributed by atoms with E-state index in [1.165, 1.54) is 11.8 Å². The minimum atomic E-state index is -1.19. The molecular formula is C28H38N3O6+. The molecular weight excluding hydrogens is 474 g/mol. The number of aliphatic carboxylic acids is 1. The van der Waals surface area contributed by atoms with Crippen molar-refractivity contribution >= 4 is 18.0 Å². The number of pyridine rings is 1. The van der Waals surface area contributed by atoms with Crippen LogP contribution in [0.5, 0.6) is 0 Å². The summed E-state index contributed by atoms with van der Waals surface area (Å²) >= 11 is 0. The van der Waals surface area contributed by atoms with E-state index < -0.39 is 23.5 Å². The minimum Gasteiger partial charge on any atom is -0.480 e. The van der Waals surface area contributed by atoms with Gasteiger partial charge in [0.2, 0.25) is 0 Å². The molecule has 9 heteroatoms. The second-order valence-electron chi connectivity index (χ2n) is 10.4. The Labute approximate surface area is 218 Å². The van der Waals surface area contributed by atoms with E-state index in [1.807, 2.05) is 43.9 Å². The highest BCUT2D eigenvalue weighted by Crippen LogP contribution is 2.30. The van der Waals surface area contributed by atoms with Gasteiger partial charge in [0.05, 0.1) is 12.2 Å². The average molecular weight is 513 g/mol. The topological polar surface area (TPSA) is 109 Å². The molecule has 1 saturated heterocycles. The van der Waals surface area contributed by atoms with Gasteiger partial charge in [-0.2, -0.15) is 4.57 Å². The van der Waals surface area contributed by atoms with Gasteiger partial charge in [0.1, 0.15) is 5.56 Å². The molecule has 2 amide bonds. The van der Waals surface area contributed by atoms with Crippen molar-refractivity contribution in [3.8, 4) is 0 Å². The second kappa shape index (κ2) is 12.7. The summed E-state index contributed by atoms with van der Waals surface area (Å²) in [5, 5.41) is 12.0. The largest absolute Gasteiger partial charge is 0.480 e. The molecule has 1 aromatic carbocycles. The van der Waals surface area contributed by atoms with Crippen molar-refractivity contribution in [1.82, 2.24) is 10.2 Å². The number of carboxylic acid groups (broad SMARTS) is 1. The van der Waals surface area contributed by atoms with Crippen molar-refractivity contribution in [3.63, 3.8) is 0 Å². The first-order valence-electron chi connectivity index (χ1n) is 12.7. The monoisotopic (exact) mass is 512 g/mol. The van der Waals surface area contributed by atoms with E-state index in [0.717, 1.165) is 19.3 Å². The van der Waals surface area contributed by atoms with Crippen molar-refractivity contribution in [2.75, 3.05) is 13.2 Å². The molecule has 9 nitrogen and oxygen atoms in total. The van der Waals surface area contributed by atoms with Gasteiger partial charge < -0.3 is 24.8 Å². The molecule has 3 atom stereocenters. The highest BCUT2D eigenvalue weighted by Gasteiger charge is 2.33. The number of nitrogens with zero attached hydrogens (tertiary/aromatic N) is 2. The first-order chi connectivity index (χ1) is 17.5. The van der Waals surface area contributed by atoms with E-state index in [2.05, 4.69) is 24.4 Å². The standard InChI is InChI=1S/C28H37N3O6/c1-20(21-11-6-5-7-12-21)24-14-8-9-16-31(24)27(35)36-19-30-15-10-13-22(17-30)25(32)29-23(26(33)34)18-37-28(2,3)4/h5-7,10-13,15,17,20,23-24H,8-9,14,16,18-19H2,1-4H3,(H-,29,32,33,34)/p+1/t20-,23+,24?/m1/s1. The summed E-state index contributed by atoms with van der Waals surface area (Å²) in [6.45, 7) is 7.98. The van der Waals surface area contributed by atoms with E-state index in [4.69, 9.17) is 9.47 Å². The summed E-state index contributed by atoms with van der Waals surface area (Å²) in [7, 11) is 0. The van der Waals surface area contributed by atoms with Crippen LogP contribution in [-0.2, 0) is 21.0 Å². The third kappa shape index (κ3) is 8.28. The number of piperidine rings is 1. The van der Waals surface area contributed by atoms with Gasteiger partial charge in [0.25, 0.3) is 12.6 Å². The SMILES string of the molecule is C[C@H](c1ccccc1)C1CCCCN1C(=O)OC[n+]1cccc(C(=O)N[C@@H](COC(C)(C)C)C(=O)O)c1. The highest BCUT2D eigenvalue weighted by atomic mass is 16.6. The molecule has 0 bridgehead atoms. The number of nitrogens with one attached hydrogen (secondary N) is 1. The van der Waals surface area contributed by atoms with E-state index in [9.17, 15) is 19.5 Å². The number of hydrogen-bond donors (Lipinski definition) is 2. The second-order valence-corrected chi connectivity index (χ2v) is 10.4. The van der Waals surface area contributed by atoms with Gasteiger partial charge in [-0.15, -0.1) is 0 Å². The molecule has 200 valence electrons. The summed E-state index contributed by atoms with van der Waals surface area (Å²) in [4.78, 5) is 39.1. The molecule has 0 saturated carbocycles. The van der Waals surface area contributed by atoms with Crippen molar-refractivity contribution in [3.05, 3.63) is 66.0 Å². The summed E-state index contributed by atoms with van der Waals surface area (Å²) in [5.41, 5.74) is 0.895. The maximum absolute atomic E-state index is 13.0. The number of ether oxygens (including phenoxy) is 2. The van der Waals surface area contributed by atoms with Gasteiger partial charge in [0, 0.05) is 24.6 Å². The van der Waals surface area contributed by atoms with Crippen LogP contribution in [0.3, 0.4) is 0 Å². The third-order valence-electron chi connectivity index (χ3n) is 6.43. The predicted octanol–water partition coefficient (Wildman–Crippen LogP) is 3.72. The Bertz CT molecular complexity index is 1070. The summed E-state index contributed by atoms with van der Waals surface area (Å²) in [6, 6.07) is 12.2. The molecule has 2 heterocycles. The fourth-order valence-electron chi connectivity index (χ4n) is 4.38. The fraction of sp³-hybridized carbons (Fsp3) is 0.500. The molecule has 1 aliphatic heterocycles. The van der Waals surface area contributed by atoms with Gasteiger partial charge in [-0.1, -0.05) is 37.3 Å². The Morgan fingerprint density at radius 1 is 1.14 bits per heavy atom. The number of carbonyl (C=O) groups is 3. The van der Waals surface area contributed by atoms with E-state index in [1.54, 1.807) is 22.9 Å². The van der Waals surface area contributed by atoms with Crippen LogP contribution in [0.15, 0.2) is 54.9 Å². The van der Waals surface area contributed by atoms with Gasteiger partial charge in [-0.3, -0.25) is 4.79 Å². The zero-order valence-corrected chi connectivity index (χ0v) is 22.1. The average Bonchev–Trinajstić information content (AvgIpc) is 2.89. The Morgan fingerprint density at radius 3 is 2.54 bits per heavy atom. The van der Waals surface area contributed by atoms with Crippen molar-refractivity contribution in [2.24, 2.45) is 0 Å². The molecule has 0 spiro atoms. The van der Waals surface area contributed by atoms with E-state index in [0.29, 0.717) is 6.54 Å². The zero-order valence-electron chi connectivity index (χ0n) is 22.1. The summed E-state index contributed by atoms with van der Waals surface area (Å²) < 4.78 is 12.7. The molecule has 3 rings (SSSR count). The smallest absolute Gasteiger partial charge is 0.414 e. The molecule has 0 radical (unpaired) electrons. The van der Waals surface area contributed by atoms with Crippen LogP contribution >= 0.6 is 0 Å². The lowest BCUT2D eigenvalue weighted by Gasteiger charge is -2.38. The number of hydrogen-bond acceptors (Lipinski definition) is 5. The molecule has 1 aliphatic rings. The molecule has 37 heavy (non-hydrogen) atoms. The first kappa shape index (κ1) is 28.1. The lowest BCUT2D eigenvalue weighted by atomic mass is 9.87. The Balaban J connectivity index is 1.61. The van der Waals surface area contributed by atoms with Gasteiger partial charge in [-0.05, 0) is 51.7 Å². The van der Waals surface area contributed by atoms with Crippen LogP contribution in [-0.4, -0.2) is 58.8 Å². The van der Waals surface area contributed by atoms with Crippen LogP contribution in [0.4, 0.5) is 4.79 Å². The molecule has 0 aliphatic carbocycles. The number of benzene rings is 1. The lowest BCUT2D eigenvalue weighted by Crippen LogP contribution is -2.48. The Morgan fingerprint density at radius 2 is 1.86 bits per heavy atom.